The first-order valence-corrected chi connectivity index (χ1v) is 8.22. The van der Waals surface area contributed by atoms with Gasteiger partial charge in [-0.25, -0.2) is 4.79 Å². The van der Waals surface area contributed by atoms with E-state index in [-0.39, 0.29) is 11.5 Å². The van der Waals surface area contributed by atoms with Crippen LogP contribution >= 0.6 is 0 Å². The SMILES string of the molecule is COc1cc(/C=C/C(=O)OCC(=O)Nc2ccccc2C)ccc1OC(F)F. The highest BCUT2D eigenvalue weighted by molar-refractivity contribution is 5.95. The van der Waals surface area contributed by atoms with Gasteiger partial charge in [0.25, 0.3) is 5.91 Å². The maximum absolute atomic E-state index is 12.3. The highest BCUT2D eigenvalue weighted by atomic mass is 19.3. The Morgan fingerprint density at radius 1 is 1.14 bits per heavy atom. The van der Waals surface area contributed by atoms with Crippen LogP contribution < -0.4 is 14.8 Å². The zero-order chi connectivity index (χ0) is 20.5. The summed E-state index contributed by atoms with van der Waals surface area (Å²) in [5.41, 5.74) is 2.02. The predicted octanol–water partition coefficient (Wildman–Crippen LogP) is 3.80. The van der Waals surface area contributed by atoms with Crippen LogP contribution in [0.5, 0.6) is 11.5 Å². The molecular formula is C20H19F2NO5. The van der Waals surface area contributed by atoms with Gasteiger partial charge in [0.2, 0.25) is 0 Å². The van der Waals surface area contributed by atoms with Crippen molar-refractivity contribution in [1.29, 1.82) is 0 Å². The van der Waals surface area contributed by atoms with E-state index in [1.807, 2.05) is 19.1 Å². The number of para-hydroxylation sites is 1. The largest absolute Gasteiger partial charge is 0.493 e. The van der Waals surface area contributed by atoms with Gasteiger partial charge in [-0.3, -0.25) is 4.79 Å². The van der Waals surface area contributed by atoms with Gasteiger partial charge in [0.1, 0.15) is 0 Å². The lowest BCUT2D eigenvalue weighted by Crippen LogP contribution is -2.20. The average Bonchev–Trinajstić information content (AvgIpc) is 2.67. The molecule has 2 aromatic carbocycles. The second-order valence-electron chi connectivity index (χ2n) is 5.59. The van der Waals surface area contributed by atoms with Crippen molar-refractivity contribution in [2.24, 2.45) is 0 Å². The Labute approximate surface area is 160 Å². The molecule has 1 N–H and O–H groups in total. The van der Waals surface area contributed by atoms with Crippen LogP contribution in [-0.4, -0.2) is 32.2 Å². The Morgan fingerprint density at radius 2 is 1.89 bits per heavy atom. The van der Waals surface area contributed by atoms with Gasteiger partial charge in [-0.1, -0.05) is 24.3 Å². The van der Waals surface area contributed by atoms with Gasteiger partial charge >= 0.3 is 12.6 Å². The Hall–Kier alpha value is -3.42. The number of alkyl halides is 2. The van der Waals surface area contributed by atoms with E-state index >= 15 is 0 Å². The van der Waals surface area contributed by atoms with Crippen LogP contribution in [0.4, 0.5) is 14.5 Å². The van der Waals surface area contributed by atoms with Crippen LogP contribution in [-0.2, 0) is 14.3 Å². The van der Waals surface area contributed by atoms with Crippen molar-refractivity contribution >= 4 is 23.6 Å². The number of carbonyl (C=O) groups excluding carboxylic acids is 2. The van der Waals surface area contributed by atoms with E-state index in [4.69, 9.17) is 9.47 Å². The second-order valence-corrected chi connectivity index (χ2v) is 5.59. The third-order valence-electron chi connectivity index (χ3n) is 3.58. The van der Waals surface area contributed by atoms with E-state index < -0.39 is 25.1 Å². The standard InChI is InChI=1S/C20H19F2NO5/c1-13-5-3-4-6-15(13)23-18(24)12-27-19(25)10-8-14-7-9-16(28-20(21)22)17(11-14)26-2/h3-11,20H,12H2,1-2H3,(H,23,24)/b10-8+. The van der Waals surface area contributed by atoms with Crippen LogP contribution in [0.2, 0.25) is 0 Å². The second kappa shape index (κ2) is 10.1. The molecule has 0 saturated carbocycles. The fraction of sp³-hybridized carbons (Fsp3) is 0.200. The summed E-state index contributed by atoms with van der Waals surface area (Å²) < 4.78 is 38.8. The molecule has 0 fully saturated rings. The summed E-state index contributed by atoms with van der Waals surface area (Å²) >= 11 is 0. The summed E-state index contributed by atoms with van der Waals surface area (Å²) in [4.78, 5) is 23.6. The number of rotatable bonds is 8. The van der Waals surface area contributed by atoms with Crippen molar-refractivity contribution < 1.29 is 32.6 Å². The number of benzene rings is 2. The molecule has 0 aromatic heterocycles. The van der Waals surface area contributed by atoms with Gasteiger partial charge in [0, 0.05) is 11.8 Å². The van der Waals surface area contributed by atoms with Crippen molar-refractivity contribution in [2.75, 3.05) is 19.0 Å². The minimum Gasteiger partial charge on any atom is -0.493 e. The maximum atomic E-state index is 12.3. The molecule has 2 rings (SSSR count). The van der Waals surface area contributed by atoms with Gasteiger partial charge in [-0.15, -0.1) is 0 Å². The molecule has 0 unspecified atom stereocenters. The van der Waals surface area contributed by atoms with Gasteiger partial charge in [-0.2, -0.15) is 8.78 Å². The number of hydrogen-bond acceptors (Lipinski definition) is 5. The molecule has 6 nitrogen and oxygen atoms in total. The Kier molecular flexibility index (Phi) is 7.50. The summed E-state index contributed by atoms with van der Waals surface area (Å²) in [6.07, 6.45) is 2.51. The lowest BCUT2D eigenvalue weighted by atomic mass is 10.2. The predicted molar refractivity (Wildman–Crippen MR) is 99.4 cm³/mol. The summed E-state index contributed by atoms with van der Waals surface area (Å²) in [7, 11) is 1.31. The number of aryl methyl sites for hydroxylation is 1. The Bertz CT molecular complexity index is 867. The normalized spacial score (nSPS) is 10.8. The topological polar surface area (TPSA) is 73.9 Å². The third-order valence-corrected chi connectivity index (χ3v) is 3.58. The minimum atomic E-state index is -2.98. The van der Waals surface area contributed by atoms with Crippen LogP contribution in [0.3, 0.4) is 0 Å². The van der Waals surface area contributed by atoms with Crippen molar-refractivity contribution in [3.05, 3.63) is 59.7 Å². The lowest BCUT2D eigenvalue weighted by molar-refractivity contribution is -0.142. The van der Waals surface area contributed by atoms with Gasteiger partial charge in [-0.05, 0) is 42.3 Å². The number of halogens is 2. The van der Waals surface area contributed by atoms with E-state index in [0.29, 0.717) is 11.3 Å². The Balaban J connectivity index is 1.89. The number of ether oxygens (including phenoxy) is 3. The zero-order valence-corrected chi connectivity index (χ0v) is 15.3. The number of carbonyl (C=O) groups is 2. The zero-order valence-electron chi connectivity index (χ0n) is 15.3. The fourth-order valence-electron chi connectivity index (χ4n) is 2.23. The molecule has 0 spiro atoms. The van der Waals surface area contributed by atoms with Crippen molar-refractivity contribution in [3.63, 3.8) is 0 Å². The number of anilines is 1. The highest BCUT2D eigenvalue weighted by Gasteiger charge is 2.11. The van der Waals surface area contributed by atoms with E-state index in [9.17, 15) is 18.4 Å². The number of nitrogens with one attached hydrogen (secondary N) is 1. The van der Waals surface area contributed by atoms with Crippen molar-refractivity contribution in [3.8, 4) is 11.5 Å². The molecule has 0 saturated heterocycles. The molecule has 0 heterocycles. The van der Waals surface area contributed by atoms with Gasteiger partial charge < -0.3 is 19.5 Å². The smallest absolute Gasteiger partial charge is 0.387 e. The molecular weight excluding hydrogens is 372 g/mol. The van der Waals surface area contributed by atoms with Gasteiger partial charge in [0.05, 0.1) is 7.11 Å². The van der Waals surface area contributed by atoms with E-state index in [1.54, 1.807) is 12.1 Å². The molecule has 0 aliphatic carbocycles. The summed E-state index contributed by atoms with van der Waals surface area (Å²) in [6, 6.07) is 11.4. The molecule has 28 heavy (non-hydrogen) atoms. The molecule has 148 valence electrons. The number of methoxy groups -OCH3 is 1. The first kappa shape index (κ1) is 20.9. The lowest BCUT2D eigenvalue weighted by Gasteiger charge is -2.10. The van der Waals surface area contributed by atoms with Gasteiger partial charge in [0.15, 0.2) is 18.1 Å². The average molecular weight is 391 g/mol. The molecule has 0 aliphatic heterocycles. The Morgan fingerprint density at radius 3 is 2.57 bits per heavy atom. The van der Waals surface area contributed by atoms with Crippen LogP contribution in [0.1, 0.15) is 11.1 Å². The summed E-state index contributed by atoms with van der Waals surface area (Å²) in [5.74, 6) is -1.23. The van der Waals surface area contributed by atoms with E-state index in [2.05, 4.69) is 10.1 Å². The van der Waals surface area contributed by atoms with Crippen LogP contribution in [0.15, 0.2) is 48.5 Å². The fourth-order valence-corrected chi connectivity index (χ4v) is 2.23. The molecule has 8 heteroatoms. The van der Waals surface area contributed by atoms with Crippen molar-refractivity contribution in [1.82, 2.24) is 0 Å². The maximum Gasteiger partial charge on any atom is 0.387 e. The quantitative estimate of drug-likeness (QED) is 0.547. The first-order chi connectivity index (χ1) is 13.4. The van der Waals surface area contributed by atoms with E-state index in [1.165, 1.54) is 31.4 Å². The number of amides is 1. The first-order valence-electron chi connectivity index (χ1n) is 8.22. The molecule has 0 bridgehead atoms. The number of hydrogen-bond donors (Lipinski definition) is 1. The summed E-state index contributed by atoms with van der Waals surface area (Å²) in [5, 5.41) is 2.64. The molecule has 1 amide bonds. The molecule has 2 aromatic rings. The highest BCUT2D eigenvalue weighted by Crippen LogP contribution is 2.29. The third kappa shape index (κ3) is 6.39. The molecule has 0 atom stereocenters. The van der Waals surface area contributed by atoms with Crippen molar-refractivity contribution in [2.45, 2.75) is 13.5 Å². The number of esters is 1. The van der Waals surface area contributed by atoms with Crippen LogP contribution in [0, 0.1) is 6.92 Å². The summed E-state index contributed by atoms with van der Waals surface area (Å²) in [6.45, 7) is -1.57. The minimum absolute atomic E-state index is 0.0911. The van der Waals surface area contributed by atoms with Crippen LogP contribution in [0.25, 0.3) is 6.08 Å². The monoisotopic (exact) mass is 391 g/mol. The molecule has 0 radical (unpaired) electrons. The van der Waals surface area contributed by atoms with E-state index in [0.717, 1.165) is 11.6 Å². The molecule has 0 aliphatic rings.